The van der Waals surface area contributed by atoms with Gasteiger partial charge < -0.3 is 5.32 Å². The molecule has 1 N–H and O–H groups in total. The maximum absolute atomic E-state index is 14.1. The quantitative estimate of drug-likeness (QED) is 0.524. The molecule has 7 rings (SSSR count). The van der Waals surface area contributed by atoms with Crippen LogP contribution in [0.25, 0.3) is 0 Å². The lowest BCUT2D eigenvalue weighted by molar-refractivity contribution is -0.173. The van der Waals surface area contributed by atoms with Crippen molar-refractivity contribution in [3.8, 4) is 0 Å². The van der Waals surface area contributed by atoms with E-state index in [-0.39, 0.29) is 23.4 Å². The number of Topliss-reactive ketones (excluding diaryl/α,β-unsaturated/α-hetero) is 1. The third-order valence-electron chi connectivity index (χ3n) is 8.71. The van der Waals surface area contributed by atoms with Gasteiger partial charge in [0.1, 0.15) is 5.82 Å². The van der Waals surface area contributed by atoms with Crippen molar-refractivity contribution in [2.75, 3.05) is 5.32 Å². The molecule has 2 atom stereocenters. The number of carbonyl (C=O) groups is 1. The summed E-state index contributed by atoms with van der Waals surface area (Å²) in [5.74, 6) is 2.37. The molecule has 2 heterocycles. The van der Waals surface area contributed by atoms with Crippen molar-refractivity contribution in [1.82, 2.24) is 9.78 Å². The van der Waals surface area contributed by atoms with E-state index in [4.69, 9.17) is 0 Å². The standard InChI is InChI=1S/C26H30F3N3O/c1-15-23(21(33)14-25-11-16-7-17(12-25)9-18(8-16)13-25)24-30-20(19-5-3-2-4-6-19)10-22(26(27,28)29)32(24)31-15/h2-6,16-18,20,22,30H,7-14H2,1H3. The monoisotopic (exact) mass is 457 g/mol. The zero-order valence-electron chi connectivity index (χ0n) is 18.9. The number of anilines is 1. The zero-order chi connectivity index (χ0) is 23.0. The van der Waals surface area contributed by atoms with Crippen LogP contribution in [0.4, 0.5) is 19.0 Å². The molecule has 7 heteroatoms. The number of hydrogen-bond acceptors (Lipinski definition) is 3. The van der Waals surface area contributed by atoms with Crippen LogP contribution in [0, 0.1) is 30.1 Å². The highest BCUT2D eigenvalue weighted by atomic mass is 19.4. The van der Waals surface area contributed by atoms with Gasteiger partial charge in [0.25, 0.3) is 0 Å². The lowest BCUT2D eigenvalue weighted by Gasteiger charge is -2.56. The first kappa shape index (κ1) is 21.2. The maximum Gasteiger partial charge on any atom is 0.410 e. The van der Waals surface area contributed by atoms with Gasteiger partial charge in [-0.3, -0.25) is 4.79 Å². The number of aromatic nitrogens is 2. The third-order valence-corrected chi connectivity index (χ3v) is 8.71. The van der Waals surface area contributed by atoms with Gasteiger partial charge in [-0.25, -0.2) is 4.68 Å². The van der Waals surface area contributed by atoms with Gasteiger partial charge in [0.15, 0.2) is 11.8 Å². The van der Waals surface area contributed by atoms with Gasteiger partial charge in [0.2, 0.25) is 0 Å². The summed E-state index contributed by atoms with van der Waals surface area (Å²) in [5, 5.41) is 7.53. The highest BCUT2D eigenvalue weighted by molar-refractivity contribution is 6.02. The lowest BCUT2D eigenvalue weighted by atomic mass is 9.48. The number of ketones is 1. The maximum atomic E-state index is 14.1. The fourth-order valence-electron chi connectivity index (χ4n) is 7.90. The van der Waals surface area contributed by atoms with Crippen LogP contribution in [-0.2, 0) is 0 Å². The van der Waals surface area contributed by atoms with Crippen LogP contribution in [0.5, 0.6) is 0 Å². The summed E-state index contributed by atoms with van der Waals surface area (Å²) in [6.07, 6.45) is 3.02. The molecular weight excluding hydrogens is 427 g/mol. The molecule has 0 radical (unpaired) electrons. The van der Waals surface area contributed by atoms with Crippen LogP contribution < -0.4 is 5.32 Å². The molecule has 1 aliphatic heterocycles. The first-order valence-electron chi connectivity index (χ1n) is 12.2. The van der Waals surface area contributed by atoms with E-state index in [9.17, 15) is 18.0 Å². The van der Waals surface area contributed by atoms with Crippen molar-refractivity contribution in [3.05, 3.63) is 47.2 Å². The van der Waals surface area contributed by atoms with Crippen LogP contribution in [-0.4, -0.2) is 21.7 Å². The average Bonchev–Trinajstić information content (AvgIpc) is 3.07. The summed E-state index contributed by atoms with van der Waals surface area (Å²) >= 11 is 0. The van der Waals surface area contributed by atoms with Crippen molar-refractivity contribution < 1.29 is 18.0 Å². The topological polar surface area (TPSA) is 46.9 Å². The minimum absolute atomic E-state index is 0.0318. The minimum Gasteiger partial charge on any atom is -0.363 e. The Hall–Kier alpha value is -2.31. The summed E-state index contributed by atoms with van der Waals surface area (Å²) in [6.45, 7) is 1.67. The summed E-state index contributed by atoms with van der Waals surface area (Å²) < 4.78 is 43.2. The van der Waals surface area contributed by atoms with E-state index in [1.807, 2.05) is 30.3 Å². The smallest absolute Gasteiger partial charge is 0.363 e. The van der Waals surface area contributed by atoms with Crippen molar-refractivity contribution in [3.63, 3.8) is 0 Å². The number of nitrogens with one attached hydrogen (secondary N) is 1. The van der Waals surface area contributed by atoms with Crippen LogP contribution in [0.2, 0.25) is 0 Å². The number of alkyl halides is 3. The molecule has 5 aliphatic rings. The number of hydrogen-bond donors (Lipinski definition) is 1. The fourth-order valence-corrected chi connectivity index (χ4v) is 7.90. The molecule has 2 unspecified atom stereocenters. The first-order chi connectivity index (χ1) is 15.7. The zero-order valence-corrected chi connectivity index (χ0v) is 18.9. The van der Waals surface area contributed by atoms with Crippen molar-refractivity contribution >= 4 is 11.6 Å². The van der Waals surface area contributed by atoms with E-state index in [2.05, 4.69) is 10.4 Å². The van der Waals surface area contributed by atoms with Crippen molar-refractivity contribution in [2.24, 2.45) is 23.2 Å². The van der Waals surface area contributed by atoms with E-state index in [0.717, 1.165) is 47.3 Å². The first-order valence-corrected chi connectivity index (χ1v) is 12.2. The molecule has 4 saturated carbocycles. The second-order valence-electron chi connectivity index (χ2n) is 11.2. The Balaban J connectivity index is 1.35. The molecule has 4 fully saturated rings. The normalized spacial score (nSPS) is 34.7. The van der Waals surface area contributed by atoms with Gasteiger partial charge in [-0.05, 0) is 74.2 Å². The summed E-state index contributed by atoms with van der Waals surface area (Å²) in [4.78, 5) is 13.7. The van der Waals surface area contributed by atoms with Gasteiger partial charge in [-0.15, -0.1) is 0 Å². The Morgan fingerprint density at radius 2 is 1.67 bits per heavy atom. The number of carbonyl (C=O) groups excluding carboxylic acids is 1. The highest BCUT2D eigenvalue weighted by Gasteiger charge is 2.52. The predicted octanol–water partition coefficient (Wildman–Crippen LogP) is 6.64. The van der Waals surface area contributed by atoms with Crippen LogP contribution in [0.3, 0.4) is 0 Å². The molecule has 4 nitrogen and oxygen atoms in total. The van der Waals surface area contributed by atoms with Crippen LogP contribution in [0.15, 0.2) is 30.3 Å². The van der Waals surface area contributed by atoms with E-state index in [0.29, 0.717) is 17.7 Å². The van der Waals surface area contributed by atoms with Gasteiger partial charge >= 0.3 is 6.18 Å². The van der Waals surface area contributed by atoms with Gasteiger partial charge in [0.05, 0.1) is 17.3 Å². The average molecular weight is 458 g/mol. The molecule has 1 aromatic heterocycles. The SMILES string of the molecule is Cc1nn2c(c1C(=O)CC13CC4CC(CC(C4)C1)C3)NC(c1ccccc1)CC2C(F)(F)F. The van der Waals surface area contributed by atoms with E-state index >= 15 is 0 Å². The van der Waals surface area contributed by atoms with Crippen molar-refractivity contribution in [2.45, 2.75) is 76.6 Å². The second-order valence-corrected chi connectivity index (χ2v) is 11.2. The van der Waals surface area contributed by atoms with E-state index < -0.39 is 18.3 Å². The molecule has 1 aromatic carbocycles. The van der Waals surface area contributed by atoms with Gasteiger partial charge in [0, 0.05) is 12.8 Å². The molecule has 0 amide bonds. The van der Waals surface area contributed by atoms with Gasteiger partial charge in [-0.1, -0.05) is 30.3 Å². The van der Waals surface area contributed by atoms with E-state index in [1.54, 1.807) is 6.92 Å². The van der Waals surface area contributed by atoms with Crippen LogP contribution in [0.1, 0.15) is 85.1 Å². The molecule has 2 aromatic rings. The molecule has 0 saturated heterocycles. The fraction of sp³-hybridized carbons (Fsp3) is 0.615. The Bertz CT molecular complexity index is 1040. The third kappa shape index (κ3) is 3.58. The molecular formula is C26H30F3N3O. The number of benzene rings is 1. The Labute approximate surface area is 191 Å². The number of aryl methyl sites for hydroxylation is 1. The minimum atomic E-state index is -4.44. The molecule has 33 heavy (non-hydrogen) atoms. The molecule has 4 bridgehead atoms. The number of fused-ring (bicyclic) bond motifs is 1. The molecule has 176 valence electrons. The van der Waals surface area contributed by atoms with E-state index in [1.165, 1.54) is 19.3 Å². The Morgan fingerprint density at radius 3 is 2.24 bits per heavy atom. The Kier molecular flexibility index (Phi) is 4.73. The second kappa shape index (κ2) is 7.34. The highest BCUT2D eigenvalue weighted by Crippen LogP contribution is 2.61. The largest absolute Gasteiger partial charge is 0.410 e. The number of halogens is 3. The lowest BCUT2D eigenvalue weighted by Crippen LogP contribution is -2.47. The number of nitrogens with zero attached hydrogens (tertiary/aromatic N) is 2. The molecule has 0 spiro atoms. The van der Waals surface area contributed by atoms with Crippen molar-refractivity contribution in [1.29, 1.82) is 0 Å². The summed E-state index contributed by atoms with van der Waals surface area (Å²) in [5.41, 5.74) is 1.58. The number of rotatable bonds is 4. The van der Waals surface area contributed by atoms with Crippen LogP contribution >= 0.6 is 0 Å². The summed E-state index contributed by atoms with van der Waals surface area (Å²) in [6, 6.07) is 6.90. The van der Waals surface area contributed by atoms with Gasteiger partial charge in [-0.2, -0.15) is 18.3 Å². The Morgan fingerprint density at radius 1 is 1.06 bits per heavy atom. The summed E-state index contributed by atoms with van der Waals surface area (Å²) in [7, 11) is 0. The predicted molar refractivity (Wildman–Crippen MR) is 119 cm³/mol. The molecule has 4 aliphatic carbocycles.